The first-order chi connectivity index (χ1) is 9.16. The average Bonchev–Trinajstić information content (AvgIpc) is 2.80. The Bertz CT molecular complexity index is 335. The molecule has 1 unspecified atom stereocenters. The van der Waals surface area contributed by atoms with Crippen LogP contribution in [0.3, 0.4) is 0 Å². The van der Waals surface area contributed by atoms with Crippen LogP contribution < -0.4 is 5.32 Å². The Morgan fingerprint density at radius 2 is 2.32 bits per heavy atom. The summed E-state index contributed by atoms with van der Waals surface area (Å²) in [7, 11) is 0. The smallest absolute Gasteiger partial charge is 0.317 e. The third kappa shape index (κ3) is 4.09. The van der Waals surface area contributed by atoms with Crippen LogP contribution in [0.5, 0.6) is 0 Å². The normalized spacial score (nSPS) is 23.8. The number of hydrogen-bond donors (Lipinski definition) is 1. The molecule has 0 saturated carbocycles. The number of likely N-dealkylation sites (tertiary alicyclic amines) is 1. The second-order valence-corrected chi connectivity index (χ2v) is 5.20. The van der Waals surface area contributed by atoms with Gasteiger partial charge in [0.15, 0.2) is 0 Å². The number of urea groups is 1. The van der Waals surface area contributed by atoms with Gasteiger partial charge in [0, 0.05) is 39.1 Å². The summed E-state index contributed by atoms with van der Waals surface area (Å²) in [6, 6.07) is -0.0251. The highest BCUT2D eigenvalue weighted by Gasteiger charge is 2.21. The fourth-order valence-electron chi connectivity index (χ4n) is 2.52. The molecule has 2 saturated heterocycles. The molecule has 0 radical (unpaired) electrons. The molecule has 6 nitrogen and oxygen atoms in total. The molecule has 2 fully saturated rings. The van der Waals surface area contributed by atoms with Crippen molar-refractivity contribution in [2.24, 2.45) is 0 Å². The predicted octanol–water partition coefficient (Wildman–Crippen LogP) is 0.429. The van der Waals surface area contributed by atoms with Crippen LogP contribution in [-0.2, 0) is 9.53 Å². The van der Waals surface area contributed by atoms with Crippen LogP contribution in [0.1, 0.15) is 26.2 Å². The molecule has 108 valence electrons. The van der Waals surface area contributed by atoms with Crippen molar-refractivity contribution in [1.29, 1.82) is 0 Å². The molecule has 0 aliphatic carbocycles. The maximum absolute atomic E-state index is 11.9. The van der Waals surface area contributed by atoms with Crippen molar-refractivity contribution in [1.82, 2.24) is 15.1 Å². The van der Waals surface area contributed by atoms with Gasteiger partial charge in [-0.15, -0.1) is 0 Å². The molecular formula is C13H23N3O3. The van der Waals surface area contributed by atoms with Gasteiger partial charge in [-0.1, -0.05) is 0 Å². The van der Waals surface area contributed by atoms with Gasteiger partial charge < -0.3 is 19.9 Å². The molecule has 0 bridgehead atoms. The third-order valence-electron chi connectivity index (χ3n) is 3.58. The summed E-state index contributed by atoms with van der Waals surface area (Å²) in [5.41, 5.74) is 0. The van der Waals surface area contributed by atoms with Crippen LogP contribution in [0.4, 0.5) is 4.79 Å². The molecule has 6 heteroatoms. The quantitative estimate of drug-likeness (QED) is 0.753. The molecule has 0 spiro atoms. The molecule has 19 heavy (non-hydrogen) atoms. The van der Waals surface area contributed by atoms with E-state index in [9.17, 15) is 9.59 Å². The van der Waals surface area contributed by atoms with E-state index in [0.717, 1.165) is 25.9 Å². The second-order valence-electron chi connectivity index (χ2n) is 5.20. The van der Waals surface area contributed by atoms with Crippen molar-refractivity contribution >= 4 is 11.9 Å². The van der Waals surface area contributed by atoms with Gasteiger partial charge in [-0.05, 0) is 19.8 Å². The van der Waals surface area contributed by atoms with Gasteiger partial charge in [-0.3, -0.25) is 4.79 Å². The molecule has 1 atom stereocenters. The lowest BCUT2D eigenvalue weighted by atomic mass is 10.3. The Kier molecular flexibility index (Phi) is 5.01. The highest BCUT2D eigenvalue weighted by atomic mass is 16.5. The number of rotatable bonds is 4. The first kappa shape index (κ1) is 14.1. The number of amides is 3. The molecule has 2 aliphatic heterocycles. The van der Waals surface area contributed by atoms with Gasteiger partial charge in [-0.25, -0.2) is 4.79 Å². The Labute approximate surface area is 114 Å². The molecule has 0 aromatic heterocycles. The maximum atomic E-state index is 11.9. The minimum absolute atomic E-state index is 0.0251. The van der Waals surface area contributed by atoms with E-state index in [1.54, 1.807) is 4.90 Å². The van der Waals surface area contributed by atoms with Crippen LogP contribution in [0.25, 0.3) is 0 Å². The van der Waals surface area contributed by atoms with Gasteiger partial charge in [0.2, 0.25) is 5.91 Å². The van der Waals surface area contributed by atoms with Crippen molar-refractivity contribution in [3.05, 3.63) is 0 Å². The van der Waals surface area contributed by atoms with Crippen molar-refractivity contribution in [2.75, 3.05) is 39.3 Å². The lowest BCUT2D eigenvalue weighted by Crippen LogP contribution is -2.49. The number of carbonyl (C=O) groups is 2. The summed E-state index contributed by atoms with van der Waals surface area (Å²) in [4.78, 5) is 26.9. The van der Waals surface area contributed by atoms with Crippen molar-refractivity contribution in [3.8, 4) is 0 Å². The minimum atomic E-state index is -0.0251. The van der Waals surface area contributed by atoms with E-state index in [0.29, 0.717) is 32.7 Å². The van der Waals surface area contributed by atoms with Gasteiger partial charge in [0.05, 0.1) is 12.7 Å². The number of nitrogens with one attached hydrogen (secondary N) is 1. The lowest BCUT2D eigenvalue weighted by Gasteiger charge is -2.31. The predicted molar refractivity (Wildman–Crippen MR) is 70.8 cm³/mol. The molecule has 2 aliphatic rings. The fourth-order valence-corrected chi connectivity index (χ4v) is 2.52. The third-order valence-corrected chi connectivity index (χ3v) is 3.58. The SMILES string of the molecule is CC1CN(C(=O)NCCCN2CCCC2=O)CCO1. The van der Waals surface area contributed by atoms with Crippen LogP contribution in [0, 0.1) is 0 Å². The van der Waals surface area contributed by atoms with E-state index < -0.39 is 0 Å². The minimum Gasteiger partial charge on any atom is -0.375 e. The summed E-state index contributed by atoms with van der Waals surface area (Å²) in [5.74, 6) is 0.244. The number of hydrogen-bond acceptors (Lipinski definition) is 3. The lowest BCUT2D eigenvalue weighted by molar-refractivity contribution is -0.127. The first-order valence-corrected chi connectivity index (χ1v) is 7.09. The molecule has 0 aromatic carbocycles. The zero-order chi connectivity index (χ0) is 13.7. The van der Waals surface area contributed by atoms with Crippen LogP contribution in [0.2, 0.25) is 0 Å². The van der Waals surface area contributed by atoms with Crippen molar-refractivity contribution in [2.45, 2.75) is 32.3 Å². The monoisotopic (exact) mass is 269 g/mol. The highest BCUT2D eigenvalue weighted by Crippen LogP contribution is 2.09. The van der Waals surface area contributed by atoms with E-state index in [1.165, 1.54) is 0 Å². The topological polar surface area (TPSA) is 61.9 Å². The number of ether oxygens (including phenoxy) is 1. The second kappa shape index (κ2) is 6.75. The molecule has 2 rings (SSSR count). The number of nitrogens with zero attached hydrogens (tertiary/aromatic N) is 2. The van der Waals surface area contributed by atoms with E-state index in [1.807, 2.05) is 11.8 Å². The van der Waals surface area contributed by atoms with E-state index in [2.05, 4.69) is 5.32 Å². The molecule has 1 N–H and O–H groups in total. The summed E-state index contributed by atoms with van der Waals surface area (Å²) >= 11 is 0. The van der Waals surface area contributed by atoms with Gasteiger partial charge in [-0.2, -0.15) is 0 Å². The summed E-state index contributed by atoms with van der Waals surface area (Å²) < 4.78 is 5.40. The summed E-state index contributed by atoms with van der Waals surface area (Å²) in [6.07, 6.45) is 2.58. The first-order valence-electron chi connectivity index (χ1n) is 7.09. The van der Waals surface area contributed by atoms with E-state index in [4.69, 9.17) is 4.74 Å². The van der Waals surface area contributed by atoms with Gasteiger partial charge in [0.1, 0.15) is 0 Å². The van der Waals surface area contributed by atoms with E-state index >= 15 is 0 Å². The fraction of sp³-hybridized carbons (Fsp3) is 0.846. The molecule has 0 aromatic rings. The van der Waals surface area contributed by atoms with Crippen LogP contribution in [-0.4, -0.2) is 67.2 Å². The van der Waals surface area contributed by atoms with Gasteiger partial charge in [0.25, 0.3) is 0 Å². The van der Waals surface area contributed by atoms with Crippen LogP contribution >= 0.6 is 0 Å². The number of carbonyl (C=O) groups excluding carboxylic acids is 2. The Morgan fingerprint density at radius 3 is 3.00 bits per heavy atom. The maximum Gasteiger partial charge on any atom is 0.317 e. The highest BCUT2D eigenvalue weighted by molar-refractivity contribution is 5.78. The summed E-state index contributed by atoms with van der Waals surface area (Å²) in [6.45, 7) is 6.12. The largest absolute Gasteiger partial charge is 0.375 e. The standard InChI is InChI=1S/C13H23N3O3/c1-11-10-16(8-9-19-11)13(18)14-5-3-7-15-6-2-4-12(15)17/h11H,2-10H2,1H3,(H,14,18). The Morgan fingerprint density at radius 1 is 1.47 bits per heavy atom. The van der Waals surface area contributed by atoms with E-state index in [-0.39, 0.29) is 18.0 Å². The summed E-state index contributed by atoms with van der Waals surface area (Å²) in [5, 5.41) is 2.91. The molecule has 3 amide bonds. The van der Waals surface area contributed by atoms with Gasteiger partial charge >= 0.3 is 6.03 Å². The molecular weight excluding hydrogens is 246 g/mol. The van der Waals surface area contributed by atoms with Crippen molar-refractivity contribution < 1.29 is 14.3 Å². The number of morpholine rings is 1. The van der Waals surface area contributed by atoms with Crippen LogP contribution in [0.15, 0.2) is 0 Å². The zero-order valence-electron chi connectivity index (χ0n) is 11.6. The van der Waals surface area contributed by atoms with Crippen molar-refractivity contribution in [3.63, 3.8) is 0 Å². The Balaban J connectivity index is 1.59. The average molecular weight is 269 g/mol. The molecule has 2 heterocycles. The Hall–Kier alpha value is -1.30. The zero-order valence-corrected chi connectivity index (χ0v) is 11.6.